The second kappa shape index (κ2) is 6.09. The predicted molar refractivity (Wildman–Crippen MR) is 79.0 cm³/mol. The van der Waals surface area contributed by atoms with E-state index in [1.807, 2.05) is 19.9 Å². The van der Waals surface area contributed by atoms with Gasteiger partial charge in [-0.2, -0.15) is 0 Å². The van der Waals surface area contributed by atoms with Gasteiger partial charge >= 0.3 is 0 Å². The first-order chi connectivity index (χ1) is 9.52. The molecule has 106 valence electrons. The molecule has 0 spiro atoms. The minimum absolute atomic E-state index is 0.299. The van der Waals surface area contributed by atoms with Crippen LogP contribution in [0.25, 0.3) is 0 Å². The Hall–Kier alpha value is -1.81. The van der Waals surface area contributed by atoms with Crippen LogP contribution in [0.5, 0.6) is 5.75 Å². The maximum atomic E-state index is 14.0. The van der Waals surface area contributed by atoms with Crippen molar-refractivity contribution in [3.63, 3.8) is 0 Å². The van der Waals surface area contributed by atoms with E-state index in [1.54, 1.807) is 18.3 Å². The van der Waals surface area contributed by atoms with Crippen LogP contribution in [0.3, 0.4) is 0 Å². The Morgan fingerprint density at radius 1 is 1.40 bits per heavy atom. The molecule has 1 heterocycles. The lowest BCUT2D eigenvalue weighted by Crippen LogP contribution is -2.11. The van der Waals surface area contributed by atoms with Gasteiger partial charge in [-0.3, -0.25) is 0 Å². The number of benzene rings is 1. The molecule has 0 aliphatic carbocycles. The highest BCUT2D eigenvalue weighted by atomic mass is 35.5. The van der Waals surface area contributed by atoms with Gasteiger partial charge < -0.3 is 10.1 Å². The van der Waals surface area contributed by atoms with Crippen LogP contribution in [-0.2, 0) is 0 Å². The van der Waals surface area contributed by atoms with Crippen LogP contribution in [0, 0.1) is 12.7 Å². The van der Waals surface area contributed by atoms with Gasteiger partial charge in [-0.05, 0) is 37.6 Å². The van der Waals surface area contributed by atoms with E-state index in [9.17, 15) is 4.39 Å². The molecule has 0 saturated carbocycles. The van der Waals surface area contributed by atoms with Crippen LogP contribution < -0.4 is 10.1 Å². The third kappa shape index (κ3) is 3.02. The molecule has 0 fully saturated rings. The molecule has 1 aromatic carbocycles. The quantitative estimate of drug-likeness (QED) is 0.851. The van der Waals surface area contributed by atoms with E-state index in [4.69, 9.17) is 16.3 Å². The Kier molecular flexibility index (Phi) is 4.45. The van der Waals surface area contributed by atoms with Gasteiger partial charge in [0.15, 0.2) is 5.15 Å². The third-order valence-electron chi connectivity index (χ3n) is 3.01. The largest absolute Gasteiger partial charge is 0.496 e. The molecule has 0 amide bonds. The number of anilines is 1. The van der Waals surface area contributed by atoms with Crippen molar-refractivity contribution in [2.24, 2.45) is 0 Å². The minimum Gasteiger partial charge on any atom is -0.496 e. The summed E-state index contributed by atoms with van der Waals surface area (Å²) in [6.45, 7) is 3.77. The van der Waals surface area contributed by atoms with Gasteiger partial charge in [0.05, 0.1) is 24.4 Å². The van der Waals surface area contributed by atoms with Crippen molar-refractivity contribution < 1.29 is 9.13 Å². The summed E-state index contributed by atoms with van der Waals surface area (Å²) in [5.74, 6) is 0.183. The highest BCUT2D eigenvalue weighted by molar-refractivity contribution is 6.32. The Morgan fingerprint density at radius 2 is 2.15 bits per heavy atom. The molecule has 20 heavy (non-hydrogen) atoms. The van der Waals surface area contributed by atoms with Gasteiger partial charge in [0.1, 0.15) is 11.6 Å². The summed E-state index contributed by atoms with van der Waals surface area (Å²) < 4.78 is 19.2. The standard InChI is InChI=1S/C15H16ClFN2O/c1-9-7-12(15(16)18-8-9)19-10(2)14-11(17)5-4-6-13(14)20-3/h4-8,10,19H,1-3H3. The number of aryl methyl sites for hydroxylation is 1. The first-order valence-electron chi connectivity index (χ1n) is 6.24. The van der Waals surface area contributed by atoms with Gasteiger partial charge in [0, 0.05) is 6.20 Å². The number of pyridine rings is 1. The van der Waals surface area contributed by atoms with E-state index in [2.05, 4.69) is 10.3 Å². The molecule has 1 N–H and O–H groups in total. The minimum atomic E-state index is -0.318. The smallest absolute Gasteiger partial charge is 0.152 e. The number of ether oxygens (including phenoxy) is 1. The number of hydrogen-bond acceptors (Lipinski definition) is 3. The van der Waals surface area contributed by atoms with Gasteiger partial charge in [0.2, 0.25) is 0 Å². The van der Waals surface area contributed by atoms with Gasteiger partial charge in [-0.15, -0.1) is 0 Å². The van der Waals surface area contributed by atoms with Gasteiger partial charge in [0.25, 0.3) is 0 Å². The van der Waals surface area contributed by atoms with E-state index < -0.39 is 0 Å². The van der Waals surface area contributed by atoms with E-state index in [-0.39, 0.29) is 11.9 Å². The van der Waals surface area contributed by atoms with Crippen molar-refractivity contribution in [1.29, 1.82) is 0 Å². The molecular weight excluding hydrogens is 279 g/mol. The van der Waals surface area contributed by atoms with Gasteiger partial charge in [-0.1, -0.05) is 17.7 Å². The number of hydrogen-bond donors (Lipinski definition) is 1. The zero-order valence-electron chi connectivity index (χ0n) is 11.6. The first kappa shape index (κ1) is 14.6. The summed E-state index contributed by atoms with van der Waals surface area (Å²) in [5.41, 5.74) is 2.11. The molecule has 0 aliphatic rings. The van der Waals surface area contributed by atoms with Crippen molar-refractivity contribution in [2.75, 3.05) is 12.4 Å². The number of methoxy groups -OCH3 is 1. The van der Waals surface area contributed by atoms with Crippen molar-refractivity contribution in [3.8, 4) is 5.75 Å². The average Bonchev–Trinajstić information content (AvgIpc) is 2.42. The summed E-state index contributed by atoms with van der Waals surface area (Å²) in [4.78, 5) is 4.07. The Bertz CT molecular complexity index is 619. The Labute approximate surface area is 122 Å². The number of halogens is 2. The second-order valence-corrected chi connectivity index (χ2v) is 4.93. The summed E-state index contributed by atoms with van der Waals surface area (Å²) in [6.07, 6.45) is 1.68. The van der Waals surface area contributed by atoms with Crippen LogP contribution in [-0.4, -0.2) is 12.1 Å². The SMILES string of the molecule is COc1cccc(F)c1C(C)Nc1cc(C)cnc1Cl. The predicted octanol–water partition coefficient (Wildman–Crippen LogP) is 4.36. The highest BCUT2D eigenvalue weighted by Crippen LogP contribution is 2.31. The third-order valence-corrected chi connectivity index (χ3v) is 3.31. The van der Waals surface area contributed by atoms with Crippen LogP contribution in [0.1, 0.15) is 24.1 Å². The average molecular weight is 295 g/mol. The highest BCUT2D eigenvalue weighted by Gasteiger charge is 2.17. The molecule has 1 aromatic heterocycles. The number of rotatable bonds is 4. The van der Waals surface area contributed by atoms with Crippen molar-refractivity contribution >= 4 is 17.3 Å². The molecule has 3 nitrogen and oxygen atoms in total. The molecule has 2 aromatic rings. The lowest BCUT2D eigenvalue weighted by molar-refractivity contribution is 0.402. The zero-order chi connectivity index (χ0) is 14.7. The maximum Gasteiger partial charge on any atom is 0.152 e. The monoisotopic (exact) mass is 294 g/mol. The van der Waals surface area contributed by atoms with Crippen molar-refractivity contribution in [3.05, 3.63) is 52.6 Å². The lowest BCUT2D eigenvalue weighted by atomic mass is 10.1. The maximum absolute atomic E-state index is 14.0. The summed E-state index contributed by atoms with van der Waals surface area (Å²) in [7, 11) is 1.52. The summed E-state index contributed by atoms with van der Waals surface area (Å²) in [6, 6.07) is 6.33. The second-order valence-electron chi connectivity index (χ2n) is 4.57. The molecule has 1 atom stereocenters. The molecule has 0 radical (unpaired) electrons. The number of nitrogens with zero attached hydrogens (tertiary/aromatic N) is 1. The topological polar surface area (TPSA) is 34.1 Å². The van der Waals surface area contributed by atoms with Crippen molar-refractivity contribution in [1.82, 2.24) is 4.98 Å². The fourth-order valence-corrected chi connectivity index (χ4v) is 2.23. The Morgan fingerprint density at radius 3 is 2.85 bits per heavy atom. The molecule has 0 bridgehead atoms. The zero-order valence-corrected chi connectivity index (χ0v) is 12.3. The van der Waals surface area contributed by atoms with Gasteiger partial charge in [-0.25, -0.2) is 9.37 Å². The number of aromatic nitrogens is 1. The van der Waals surface area contributed by atoms with E-state index in [0.717, 1.165) is 5.56 Å². The fourth-order valence-electron chi connectivity index (χ4n) is 2.07. The van der Waals surface area contributed by atoms with E-state index in [0.29, 0.717) is 22.2 Å². The Balaban J connectivity index is 2.33. The fraction of sp³-hybridized carbons (Fsp3) is 0.267. The van der Waals surface area contributed by atoms with Crippen LogP contribution in [0.2, 0.25) is 5.15 Å². The molecule has 5 heteroatoms. The first-order valence-corrected chi connectivity index (χ1v) is 6.61. The van der Waals surface area contributed by atoms with Crippen LogP contribution >= 0.6 is 11.6 Å². The number of nitrogens with one attached hydrogen (secondary N) is 1. The van der Waals surface area contributed by atoms with Crippen LogP contribution in [0.15, 0.2) is 30.5 Å². The summed E-state index contributed by atoms with van der Waals surface area (Å²) in [5, 5.41) is 3.53. The molecule has 0 saturated heterocycles. The lowest BCUT2D eigenvalue weighted by Gasteiger charge is -2.19. The van der Waals surface area contributed by atoms with Crippen LogP contribution in [0.4, 0.5) is 10.1 Å². The molecule has 0 aliphatic heterocycles. The molecular formula is C15H16ClFN2O. The van der Waals surface area contributed by atoms with E-state index in [1.165, 1.54) is 13.2 Å². The van der Waals surface area contributed by atoms with Crippen molar-refractivity contribution in [2.45, 2.75) is 19.9 Å². The molecule has 1 unspecified atom stereocenters. The molecule has 2 rings (SSSR count). The van der Waals surface area contributed by atoms with E-state index >= 15 is 0 Å². The normalized spacial score (nSPS) is 12.1. The summed E-state index contributed by atoms with van der Waals surface area (Å²) >= 11 is 6.04.